The maximum atomic E-state index is 8.79. The van der Waals surface area contributed by atoms with Gasteiger partial charge in [-0.2, -0.15) is 0 Å². The summed E-state index contributed by atoms with van der Waals surface area (Å²) >= 11 is 0. The van der Waals surface area contributed by atoms with E-state index in [1.807, 2.05) is 0 Å². The lowest BCUT2D eigenvalue weighted by Gasteiger charge is -2.09. The number of aliphatic hydroxyl groups is 1. The zero-order valence-electron chi connectivity index (χ0n) is 6.57. The van der Waals surface area contributed by atoms with Crippen LogP contribution in [-0.2, 0) is 0 Å². The standard InChI is InChI=1S/C9H10N2O/c1-2-7-3-4-11-5-8(7)9(10)6-12/h1,3-5,9,12H,6,10H2/t9-/m1/s1. The fraction of sp³-hybridized carbons (Fsp3) is 0.222. The molecule has 0 bridgehead atoms. The second kappa shape index (κ2) is 3.86. The molecule has 0 aromatic carbocycles. The SMILES string of the molecule is C#Cc1ccncc1[C@H](N)CO. The van der Waals surface area contributed by atoms with Crippen molar-refractivity contribution in [2.75, 3.05) is 6.61 Å². The first kappa shape index (κ1) is 8.72. The number of nitrogens with two attached hydrogens (primary N) is 1. The number of terminal acetylenes is 1. The summed E-state index contributed by atoms with van der Waals surface area (Å²) in [6.07, 6.45) is 8.41. The smallest absolute Gasteiger partial charge is 0.0625 e. The number of hydrogen-bond acceptors (Lipinski definition) is 3. The van der Waals surface area contributed by atoms with Gasteiger partial charge >= 0.3 is 0 Å². The van der Waals surface area contributed by atoms with Gasteiger partial charge in [0.05, 0.1) is 12.6 Å². The molecular formula is C9H10N2O. The Bertz CT molecular complexity index is 304. The Morgan fingerprint density at radius 2 is 2.50 bits per heavy atom. The molecule has 0 fully saturated rings. The fourth-order valence-electron chi connectivity index (χ4n) is 0.932. The van der Waals surface area contributed by atoms with Crippen LogP contribution in [0.25, 0.3) is 0 Å². The first-order valence-corrected chi connectivity index (χ1v) is 3.56. The maximum Gasteiger partial charge on any atom is 0.0625 e. The van der Waals surface area contributed by atoms with Gasteiger partial charge in [0, 0.05) is 23.5 Å². The van der Waals surface area contributed by atoms with Crippen LogP contribution in [0.3, 0.4) is 0 Å². The van der Waals surface area contributed by atoms with Gasteiger partial charge in [0.1, 0.15) is 0 Å². The molecule has 3 heteroatoms. The molecule has 0 amide bonds. The third-order valence-corrected chi connectivity index (χ3v) is 1.60. The molecule has 1 aromatic rings. The van der Waals surface area contributed by atoms with E-state index in [2.05, 4.69) is 10.9 Å². The number of nitrogens with zero attached hydrogens (tertiary/aromatic N) is 1. The molecule has 0 saturated carbocycles. The van der Waals surface area contributed by atoms with E-state index in [1.165, 1.54) is 0 Å². The molecule has 0 aliphatic heterocycles. The third-order valence-electron chi connectivity index (χ3n) is 1.60. The highest BCUT2D eigenvalue weighted by molar-refractivity contribution is 5.39. The molecule has 1 aromatic heterocycles. The van der Waals surface area contributed by atoms with Crippen molar-refractivity contribution in [1.82, 2.24) is 4.98 Å². The van der Waals surface area contributed by atoms with Gasteiger partial charge in [0.15, 0.2) is 0 Å². The van der Waals surface area contributed by atoms with Crippen LogP contribution in [0.4, 0.5) is 0 Å². The highest BCUT2D eigenvalue weighted by Gasteiger charge is 2.07. The quantitative estimate of drug-likeness (QED) is 0.604. The zero-order valence-corrected chi connectivity index (χ0v) is 6.57. The van der Waals surface area contributed by atoms with Crippen molar-refractivity contribution in [2.45, 2.75) is 6.04 Å². The largest absolute Gasteiger partial charge is 0.394 e. The highest BCUT2D eigenvalue weighted by Crippen LogP contribution is 2.12. The van der Waals surface area contributed by atoms with E-state index < -0.39 is 6.04 Å². The second-order valence-corrected chi connectivity index (χ2v) is 2.40. The fourth-order valence-corrected chi connectivity index (χ4v) is 0.932. The Labute approximate surface area is 71.2 Å². The van der Waals surface area contributed by atoms with Crippen LogP contribution in [0, 0.1) is 12.3 Å². The Morgan fingerprint density at radius 1 is 1.75 bits per heavy atom. The van der Waals surface area contributed by atoms with Crippen LogP contribution in [-0.4, -0.2) is 16.7 Å². The van der Waals surface area contributed by atoms with Crippen LogP contribution in [0.1, 0.15) is 17.2 Å². The van der Waals surface area contributed by atoms with Crippen molar-refractivity contribution in [3.63, 3.8) is 0 Å². The van der Waals surface area contributed by atoms with Crippen LogP contribution < -0.4 is 5.73 Å². The Kier molecular flexibility index (Phi) is 2.81. The average Bonchev–Trinajstić information content (AvgIpc) is 2.16. The number of aromatic nitrogens is 1. The zero-order chi connectivity index (χ0) is 8.97. The lowest BCUT2D eigenvalue weighted by Crippen LogP contribution is -2.16. The van der Waals surface area contributed by atoms with Gasteiger partial charge in [-0.05, 0) is 6.07 Å². The monoisotopic (exact) mass is 162 g/mol. The van der Waals surface area contributed by atoms with Gasteiger partial charge < -0.3 is 10.8 Å². The maximum absolute atomic E-state index is 8.79. The van der Waals surface area contributed by atoms with Gasteiger partial charge in [0.2, 0.25) is 0 Å². The molecule has 0 unspecified atom stereocenters. The highest BCUT2D eigenvalue weighted by atomic mass is 16.3. The first-order chi connectivity index (χ1) is 5.79. The number of hydrogen-bond donors (Lipinski definition) is 2. The molecule has 62 valence electrons. The first-order valence-electron chi connectivity index (χ1n) is 3.56. The van der Waals surface area contributed by atoms with Crippen molar-refractivity contribution in [2.24, 2.45) is 5.73 Å². The molecule has 1 heterocycles. The van der Waals surface area contributed by atoms with Crippen molar-refractivity contribution in [3.05, 3.63) is 29.6 Å². The Morgan fingerprint density at radius 3 is 3.08 bits per heavy atom. The van der Waals surface area contributed by atoms with Crippen LogP contribution in [0.5, 0.6) is 0 Å². The topological polar surface area (TPSA) is 59.1 Å². The minimum absolute atomic E-state index is 0.125. The van der Waals surface area contributed by atoms with Crippen LogP contribution in [0.15, 0.2) is 18.5 Å². The molecular weight excluding hydrogens is 152 g/mol. The lowest BCUT2D eigenvalue weighted by atomic mass is 10.1. The van der Waals surface area contributed by atoms with Gasteiger partial charge in [-0.15, -0.1) is 6.42 Å². The molecule has 0 aliphatic carbocycles. The van der Waals surface area contributed by atoms with Crippen molar-refractivity contribution in [3.8, 4) is 12.3 Å². The normalized spacial score (nSPS) is 12.1. The average molecular weight is 162 g/mol. The van der Waals surface area contributed by atoms with Gasteiger partial charge in [-0.1, -0.05) is 5.92 Å². The van der Waals surface area contributed by atoms with E-state index >= 15 is 0 Å². The predicted octanol–water partition coefficient (Wildman–Crippen LogP) is 0.0550. The van der Waals surface area contributed by atoms with E-state index in [9.17, 15) is 0 Å². The van der Waals surface area contributed by atoms with E-state index in [0.717, 1.165) is 0 Å². The summed E-state index contributed by atoms with van der Waals surface area (Å²) in [5.41, 5.74) is 6.98. The van der Waals surface area contributed by atoms with E-state index in [0.29, 0.717) is 11.1 Å². The van der Waals surface area contributed by atoms with E-state index in [4.69, 9.17) is 17.3 Å². The second-order valence-electron chi connectivity index (χ2n) is 2.40. The Balaban J connectivity index is 3.07. The predicted molar refractivity (Wildman–Crippen MR) is 46.2 cm³/mol. The van der Waals surface area contributed by atoms with E-state index in [-0.39, 0.29) is 6.61 Å². The third kappa shape index (κ3) is 1.62. The van der Waals surface area contributed by atoms with E-state index in [1.54, 1.807) is 18.5 Å². The molecule has 0 radical (unpaired) electrons. The summed E-state index contributed by atoms with van der Waals surface area (Å²) in [6, 6.07) is 1.26. The number of rotatable bonds is 2. The molecule has 0 saturated heterocycles. The number of pyridine rings is 1. The minimum atomic E-state index is -0.440. The molecule has 12 heavy (non-hydrogen) atoms. The molecule has 3 nitrogen and oxygen atoms in total. The van der Waals surface area contributed by atoms with Crippen molar-refractivity contribution >= 4 is 0 Å². The summed E-state index contributed by atoms with van der Waals surface area (Å²) in [7, 11) is 0. The van der Waals surface area contributed by atoms with Gasteiger partial charge in [0.25, 0.3) is 0 Å². The summed E-state index contributed by atoms with van der Waals surface area (Å²) < 4.78 is 0. The van der Waals surface area contributed by atoms with Crippen LogP contribution >= 0.6 is 0 Å². The van der Waals surface area contributed by atoms with Crippen molar-refractivity contribution in [1.29, 1.82) is 0 Å². The summed E-state index contributed by atoms with van der Waals surface area (Å²) in [6.45, 7) is -0.125. The van der Waals surface area contributed by atoms with Gasteiger partial charge in [-0.3, -0.25) is 4.98 Å². The molecule has 0 aliphatic rings. The molecule has 3 N–H and O–H groups in total. The molecule has 1 rings (SSSR count). The molecule has 1 atom stereocenters. The summed E-state index contributed by atoms with van der Waals surface area (Å²) in [4.78, 5) is 3.88. The van der Waals surface area contributed by atoms with Crippen molar-refractivity contribution < 1.29 is 5.11 Å². The van der Waals surface area contributed by atoms with Gasteiger partial charge in [-0.25, -0.2) is 0 Å². The summed E-state index contributed by atoms with van der Waals surface area (Å²) in [5, 5.41) is 8.79. The minimum Gasteiger partial charge on any atom is -0.394 e. The van der Waals surface area contributed by atoms with Crippen LogP contribution in [0.2, 0.25) is 0 Å². The molecule has 0 spiro atoms. The number of aliphatic hydroxyl groups excluding tert-OH is 1. The Hall–Kier alpha value is -1.37. The summed E-state index contributed by atoms with van der Waals surface area (Å²) in [5.74, 6) is 2.48. The lowest BCUT2D eigenvalue weighted by molar-refractivity contribution is 0.267.